The number of anilines is 1. The van der Waals surface area contributed by atoms with E-state index in [9.17, 15) is 0 Å². The van der Waals surface area contributed by atoms with Crippen LogP contribution in [0.25, 0.3) is 0 Å². The summed E-state index contributed by atoms with van der Waals surface area (Å²) in [5.41, 5.74) is 1.22. The van der Waals surface area contributed by atoms with Crippen molar-refractivity contribution < 1.29 is 0 Å². The van der Waals surface area contributed by atoms with Crippen LogP contribution in [-0.2, 0) is 6.54 Å². The molecule has 1 aromatic carbocycles. The molecule has 1 aromatic heterocycles. The predicted molar refractivity (Wildman–Crippen MR) is 66.1 cm³/mol. The summed E-state index contributed by atoms with van der Waals surface area (Å²) >= 11 is 4.83. The summed E-state index contributed by atoms with van der Waals surface area (Å²) < 4.78 is 5.20. The van der Waals surface area contributed by atoms with Gasteiger partial charge in [0.05, 0.1) is 0 Å². The van der Waals surface area contributed by atoms with E-state index in [1.807, 2.05) is 19.1 Å². The van der Waals surface area contributed by atoms with E-state index in [4.69, 9.17) is 0 Å². The molecule has 78 valence electrons. The Hall–Kier alpha value is -0.940. The van der Waals surface area contributed by atoms with Crippen molar-refractivity contribution in [3.63, 3.8) is 0 Å². The highest BCUT2D eigenvalue weighted by molar-refractivity contribution is 9.10. The molecule has 0 aliphatic heterocycles. The fraction of sp³-hybridized carbons (Fsp3) is 0.200. The Balaban J connectivity index is 1.99. The average molecular weight is 284 g/mol. The lowest BCUT2D eigenvalue weighted by Crippen LogP contribution is -1.98. The van der Waals surface area contributed by atoms with Gasteiger partial charge < -0.3 is 5.32 Å². The van der Waals surface area contributed by atoms with E-state index in [0.717, 1.165) is 22.0 Å². The van der Waals surface area contributed by atoms with Gasteiger partial charge in [-0.05, 0) is 24.6 Å². The lowest BCUT2D eigenvalue weighted by molar-refractivity contribution is 1.10. The summed E-state index contributed by atoms with van der Waals surface area (Å²) in [4.78, 5) is 4.23. The number of hydrogen-bond acceptors (Lipinski definition) is 4. The SMILES string of the molecule is Cc1nsc(NCc2cccc(Br)c2)n1. The van der Waals surface area contributed by atoms with Gasteiger partial charge in [-0.25, -0.2) is 4.98 Å². The molecular weight excluding hydrogens is 274 g/mol. The van der Waals surface area contributed by atoms with Crippen molar-refractivity contribution in [1.82, 2.24) is 9.36 Å². The summed E-state index contributed by atoms with van der Waals surface area (Å²) in [6, 6.07) is 8.19. The molecule has 0 aliphatic carbocycles. The van der Waals surface area contributed by atoms with Gasteiger partial charge in [0.1, 0.15) is 5.82 Å². The van der Waals surface area contributed by atoms with Gasteiger partial charge in [0, 0.05) is 22.5 Å². The topological polar surface area (TPSA) is 37.8 Å². The molecule has 3 nitrogen and oxygen atoms in total. The Morgan fingerprint density at radius 1 is 1.47 bits per heavy atom. The van der Waals surface area contributed by atoms with E-state index in [1.54, 1.807) is 0 Å². The summed E-state index contributed by atoms with van der Waals surface area (Å²) in [7, 11) is 0. The van der Waals surface area contributed by atoms with Crippen LogP contribution in [-0.4, -0.2) is 9.36 Å². The van der Waals surface area contributed by atoms with E-state index in [0.29, 0.717) is 0 Å². The van der Waals surface area contributed by atoms with Gasteiger partial charge in [0.2, 0.25) is 5.13 Å². The molecule has 0 aliphatic rings. The minimum Gasteiger partial charge on any atom is -0.356 e. The van der Waals surface area contributed by atoms with E-state index < -0.39 is 0 Å². The summed E-state index contributed by atoms with van der Waals surface area (Å²) in [6.45, 7) is 2.66. The number of halogens is 1. The highest BCUT2D eigenvalue weighted by Gasteiger charge is 1.99. The second-order valence-electron chi connectivity index (χ2n) is 3.13. The molecule has 0 radical (unpaired) electrons. The average Bonchev–Trinajstić information content (AvgIpc) is 2.62. The lowest BCUT2D eigenvalue weighted by atomic mass is 10.2. The highest BCUT2D eigenvalue weighted by Crippen LogP contribution is 2.15. The van der Waals surface area contributed by atoms with Crippen molar-refractivity contribution in [2.24, 2.45) is 0 Å². The maximum Gasteiger partial charge on any atom is 0.202 e. The molecule has 5 heteroatoms. The number of aromatic nitrogens is 2. The third-order valence-corrected chi connectivity index (χ3v) is 3.12. The Kier molecular flexibility index (Phi) is 3.33. The number of rotatable bonds is 3. The van der Waals surface area contributed by atoms with Crippen LogP contribution in [0.4, 0.5) is 5.13 Å². The summed E-state index contributed by atoms with van der Waals surface area (Å²) in [5, 5.41) is 4.10. The van der Waals surface area contributed by atoms with E-state index >= 15 is 0 Å². The van der Waals surface area contributed by atoms with Crippen molar-refractivity contribution in [1.29, 1.82) is 0 Å². The van der Waals surface area contributed by atoms with Crippen LogP contribution in [0.5, 0.6) is 0 Å². The highest BCUT2D eigenvalue weighted by atomic mass is 79.9. The van der Waals surface area contributed by atoms with Crippen molar-refractivity contribution in [2.45, 2.75) is 13.5 Å². The standard InChI is InChI=1S/C10H10BrN3S/c1-7-13-10(15-14-7)12-6-8-3-2-4-9(11)5-8/h2-5H,6H2,1H3,(H,12,13,14). The molecule has 0 spiro atoms. The monoisotopic (exact) mass is 283 g/mol. The molecule has 0 amide bonds. The lowest BCUT2D eigenvalue weighted by Gasteiger charge is -2.02. The Bertz CT molecular complexity index is 455. The number of nitrogens with one attached hydrogen (secondary N) is 1. The van der Waals surface area contributed by atoms with Crippen LogP contribution in [0.1, 0.15) is 11.4 Å². The van der Waals surface area contributed by atoms with E-state index in [2.05, 4.69) is 42.7 Å². The first-order valence-corrected chi connectivity index (χ1v) is 6.09. The molecule has 0 atom stereocenters. The zero-order valence-electron chi connectivity index (χ0n) is 8.20. The van der Waals surface area contributed by atoms with Crippen LogP contribution in [0.2, 0.25) is 0 Å². The van der Waals surface area contributed by atoms with Gasteiger partial charge in [-0.1, -0.05) is 28.1 Å². The summed E-state index contributed by atoms with van der Waals surface area (Å²) in [6.07, 6.45) is 0. The number of benzene rings is 1. The van der Waals surface area contributed by atoms with Crippen LogP contribution in [0, 0.1) is 6.92 Å². The van der Waals surface area contributed by atoms with Crippen molar-refractivity contribution >= 4 is 32.6 Å². The van der Waals surface area contributed by atoms with Crippen LogP contribution >= 0.6 is 27.5 Å². The van der Waals surface area contributed by atoms with Gasteiger partial charge in [-0.15, -0.1) is 0 Å². The first kappa shape index (κ1) is 10.6. The number of nitrogens with zero attached hydrogens (tertiary/aromatic N) is 2. The van der Waals surface area contributed by atoms with Crippen LogP contribution in [0.15, 0.2) is 28.7 Å². The van der Waals surface area contributed by atoms with Crippen molar-refractivity contribution in [3.05, 3.63) is 40.1 Å². The maximum absolute atomic E-state index is 4.23. The molecule has 0 fully saturated rings. The second-order valence-corrected chi connectivity index (χ2v) is 4.80. The first-order valence-electron chi connectivity index (χ1n) is 4.52. The molecule has 1 heterocycles. The summed E-state index contributed by atoms with van der Waals surface area (Å²) in [5.74, 6) is 0.816. The van der Waals surface area contributed by atoms with Gasteiger partial charge in [0.25, 0.3) is 0 Å². The molecule has 0 bridgehead atoms. The molecule has 0 saturated carbocycles. The zero-order valence-corrected chi connectivity index (χ0v) is 10.6. The Labute approximate surface area is 101 Å². The van der Waals surface area contributed by atoms with Gasteiger partial charge in [0.15, 0.2) is 0 Å². The van der Waals surface area contributed by atoms with E-state index in [-0.39, 0.29) is 0 Å². The number of hydrogen-bond donors (Lipinski definition) is 1. The smallest absolute Gasteiger partial charge is 0.202 e. The zero-order chi connectivity index (χ0) is 10.7. The van der Waals surface area contributed by atoms with Gasteiger partial charge >= 0.3 is 0 Å². The molecule has 1 N–H and O–H groups in total. The Morgan fingerprint density at radius 2 is 2.33 bits per heavy atom. The van der Waals surface area contributed by atoms with Gasteiger partial charge in [-0.3, -0.25) is 0 Å². The molecule has 0 saturated heterocycles. The third kappa shape index (κ3) is 3.00. The largest absolute Gasteiger partial charge is 0.356 e. The second kappa shape index (κ2) is 4.72. The quantitative estimate of drug-likeness (QED) is 0.940. The van der Waals surface area contributed by atoms with Crippen LogP contribution in [0.3, 0.4) is 0 Å². The molecule has 0 unspecified atom stereocenters. The predicted octanol–water partition coefficient (Wildman–Crippen LogP) is 3.22. The van der Waals surface area contributed by atoms with Crippen molar-refractivity contribution in [3.8, 4) is 0 Å². The third-order valence-electron chi connectivity index (χ3n) is 1.86. The fourth-order valence-corrected chi connectivity index (χ4v) is 2.21. The van der Waals surface area contributed by atoms with E-state index in [1.165, 1.54) is 17.1 Å². The molecule has 2 aromatic rings. The first-order chi connectivity index (χ1) is 7.24. The molecule has 2 rings (SSSR count). The molecular formula is C10H10BrN3S. The van der Waals surface area contributed by atoms with Crippen LogP contribution < -0.4 is 5.32 Å². The van der Waals surface area contributed by atoms with Gasteiger partial charge in [-0.2, -0.15) is 4.37 Å². The minimum absolute atomic E-state index is 0.772. The molecule has 15 heavy (non-hydrogen) atoms. The fourth-order valence-electron chi connectivity index (χ4n) is 1.19. The Morgan fingerprint density at radius 3 is 3.00 bits per heavy atom. The minimum atomic E-state index is 0.772. The maximum atomic E-state index is 4.23. The number of aryl methyl sites for hydroxylation is 1. The van der Waals surface area contributed by atoms with Crippen molar-refractivity contribution in [2.75, 3.05) is 5.32 Å². The normalized spacial score (nSPS) is 10.3.